The van der Waals surface area contributed by atoms with Gasteiger partial charge in [0.25, 0.3) is 10.0 Å². The number of sulfonamides is 1. The smallest absolute Gasteiger partial charge is 0.267 e. The van der Waals surface area contributed by atoms with E-state index in [-0.39, 0.29) is 18.2 Å². The van der Waals surface area contributed by atoms with Crippen molar-refractivity contribution in [2.24, 2.45) is 0 Å². The molecule has 1 aromatic rings. The number of ether oxygens (including phenoxy) is 1. The van der Waals surface area contributed by atoms with Gasteiger partial charge in [-0.3, -0.25) is 4.84 Å². The number of rotatable bonds is 6. The molecule has 1 rings (SSSR count). The van der Waals surface area contributed by atoms with Crippen molar-refractivity contribution >= 4 is 10.0 Å². The molecule has 0 atom stereocenters. The summed E-state index contributed by atoms with van der Waals surface area (Å²) in [5, 5.41) is 0. The van der Waals surface area contributed by atoms with Crippen molar-refractivity contribution in [3.05, 3.63) is 30.3 Å². The predicted molar refractivity (Wildman–Crippen MR) is 62.1 cm³/mol. The molecule has 0 aromatic heterocycles. The van der Waals surface area contributed by atoms with Gasteiger partial charge in [0, 0.05) is 0 Å². The van der Waals surface area contributed by atoms with Crippen molar-refractivity contribution in [2.75, 3.05) is 20.4 Å². The van der Waals surface area contributed by atoms with Gasteiger partial charge in [-0.2, -0.15) is 0 Å². The lowest BCUT2D eigenvalue weighted by Gasteiger charge is -2.18. The van der Waals surface area contributed by atoms with Crippen LogP contribution in [-0.2, 0) is 19.6 Å². The third-order valence-corrected chi connectivity index (χ3v) is 3.55. The number of terminal acetylenes is 1. The molecule has 92 valence electrons. The minimum absolute atomic E-state index is 0.0180. The van der Waals surface area contributed by atoms with E-state index in [1.165, 1.54) is 19.2 Å². The molecule has 0 bridgehead atoms. The highest BCUT2D eigenvalue weighted by molar-refractivity contribution is 7.89. The van der Waals surface area contributed by atoms with Crippen LogP contribution in [-0.4, -0.2) is 33.3 Å². The summed E-state index contributed by atoms with van der Waals surface area (Å²) in [5.74, 6) is 2.24. The normalized spacial score (nSPS) is 11.4. The first-order valence-corrected chi connectivity index (χ1v) is 6.20. The lowest BCUT2D eigenvalue weighted by molar-refractivity contribution is -0.113. The summed E-state index contributed by atoms with van der Waals surface area (Å²) in [4.78, 5) is 4.90. The third kappa shape index (κ3) is 3.54. The minimum Gasteiger partial charge on any atom is -0.350 e. The van der Waals surface area contributed by atoms with E-state index in [2.05, 4.69) is 5.92 Å². The van der Waals surface area contributed by atoms with Crippen LogP contribution in [0.3, 0.4) is 0 Å². The van der Waals surface area contributed by atoms with Crippen LogP contribution in [0.15, 0.2) is 35.2 Å². The second kappa shape index (κ2) is 6.37. The predicted octanol–water partition coefficient (Wildman–Crippen LogP) is 0.846. The van der Waals surface area contributed by atoms with Gasteiger partial charge in [0.15, 0.2) is 0 Å². The molecule has 0 N–H and O–H groups in total. The molecule has 5 nitrogen and oxygen atoms in total. The summed E-state index contributed by atoms with van der Waals surface area (Å²) in [6.45, 7) is -0.234. The first-order chi connectivity index (χ1) is 8.12. The van der Waals surface area contributed by atoms with Crippen molar-refractivity contribution in [3.63, 3.8) is 0 Å². The van der Waals surface area contributed by atoms with Crippen LogP contribution in [0.1, 0.15) is 0 Å². The van der Waals surface area contributed by atoms with Crippen LogP contribution in [0.4, 0.5) is 0 Å². The summed E-state index contributed by atoms with van der Waals surface area (Å²) in [6, 6.07) is 7.93. The molecule has 0 aliphatic rings. The molecule has 17 heavy (non-hydrogen) atoms. The van der Waals surface area contributed by atoms with E-state index in [1.807, 2.05) is 0 Å². The zero-order valence-electron chi connectivity index (χ0n) is 9.37. The van der Waals surface area contributed by atoms with Gasteiger partial charge in [-0.1, -0.05) is 28.6 Å². The molecule has 0 saturated heterocycles. The van der Waals surface area contributed by atoms with Crippen LogP contribution in [0.5, 0.6) is 0 Å². The number of hydroxylamine groups is 1. The quantitative estimate of drug-likeness (QED) is 0.327. The topological polar surface area (TPSA) is 55.8 Å². The molecule has 0 aliphatic carbocycles. The average Bonchev–Trinajstić information content (AvgIpc) is 2.35. The Bertz CT molecular complexity index is 478. The van der Waals surface area contributed by atoms with Gasteiger partial charge in [0.1, 0.15) is 13.3 Å². The lowest BCUT2D eigenvalue weighted by Crippen LogP contribution is -2.32. The monoisotopic (exact) mass is 255 g/mol. The molecule has 0 fully saturated rings. The molecule has 0 unspecified atom stereocenters. The summed E-state index contributed by atoms with van der Waals surface area (Å²) >= 11 is 0. The highest BCUT2D eigenvalue weighted by Crippen LogP contribution is 2.14. The molecule has 0 amide bonds. The van der Waals surface area contributed by atoms with Gasteiger partial charge >= 0.3 is 0 Å². The fourth-order valence-corrected chi connectivity index (χ4v) is 2.26. The summed E-state index contributed by atoms with van der Waals surface area (Å²) in [5.41, 5.74) is 0. The second-order valence-electron chi connectivity index (χ2n) is 2.99. The summed E-state index contributed by atoms with van der Waals surface area (Å²) in [6.07, 6.45) is 4.99. The standard InChI is InChI=1S/C11H13NO4S/c1-3-9-16-10-12(15-2)17(13,14)11-7-5-4-6-8-11/h1,4-8H,9-10H2,2H3. The Morgan fingerprint density at radius 1 is 1.35 bits per heavy atom. The fraction of sp³-hybridized carbons (Fsp3) is 0.273. The van der Waals surface area contributed by atoms with Gasteiger partial charge < -0.3 is 4.74 Å². The molecule has 0 heterocycles. The first-order valence-electron chi connectivity index (χ1n) is 4.76. The van der Waals surface area contributed by atoms with Crippen LogP contribution < -0.4 is 0 Å². The number of hydrogen-bond acceptors (Lipinski definition) is 4. The molecule has 0 radical (unpaired) electrons. The van der Waals surface area contributed by atoms with E-state index in [9.17, 15) is 8.42 Å². The lowest BCUT2D eigenvalue weighted by atomic mass is 10.4. The van der Waals surface area contributed by atoms with E-state index in [0.717, 1.165) is 4.47 Å². The van der Waals surface area contributed by atoms with Crippen molar-refractivity contribution in [2.45, 2.75) is 4.90 Å². The highest BCUT2D eigenvalue weighted by atomic mass is 32.2. The first kappa shape index (κ1) is 13.7. The Morgan fingerprint density at radius 3 is 2.53 bits per heavy atom. The van der Waals surface area contributed by atoms with E-state index in [0.29, 0.717) is 0 Å². The Hall–Kier alpha value is -1.39. The molecule has 0 aliphatic heterocycles. The van der Waals surface area contributed by atoms with Gasteiger partial charge in [-0.05, 0) is 12.1 Å². The Labute approximate surface area is 101 Å². The second-order valence-corrected chi connectivity index (χ2v) is 4.81. The Morgan fingerprint density at radius 2 is 2.00 bits per heavy atom. The van der Waals surface area contributed by atoms with Gasteiger partial charge in [-0.25, -0.2) is 8.42 Å². The molecular formula is C11H13NO4S. The largest absolute Gasteiger partial charge is 0.350 e. The molecule has 0 saturated carbocycles. The molecular weight excluding hydrogens is 242 g/mol. The van der Waals surface area contributed by atoms with E-state index in [4.69, 9.17) is 16.0 Å². The average molecular weight is 255 g/mol. The highest BCUT2D eigenvalue weighted by Gasteiger charge is 2.24. The molecule has 0 spiro atoms. The van der Waals surface area contributed by atoms with Crippen LogP contribution in [0.2, 0.25) is 0 Å². The zero-order valence-corrected chi connectivity index (χ0v) is 10.2. The zero-order chi connectivity index (χ0) is 12.7. The van der Waals surface area contributed by atoms with Crippen molar-refractivity contribution in [3.8, 4) is 12.3 Å². The maximum atomic E-state index is 12.0. The van der Waals surface area contributed by atoms with E-state index in [1.54, 1.807) is 18.2 Å². The van der Waals surface area contributed by atoms with Crippen LogP contribution >= 0.6 is 0 Å². The van der Waals surface area contributed by atoms with Crippen molar-refractivity contribution in [1.29, 1.82) is 0 Å². The van der Waals surface area contributed by atoms with Crippen molar-refractivity contribution < 1.29 is 18.0 Å². The number of nitrogens with zero attached hydrogens (tertiary/aromatic N) is 1. The van der Waals surface area contributed by atoms with Gasteiger partial charge in [0.05, 0.1) is 12.0 Å². The van der Waals surface area contributed by atoms with Crippen molar-refractivity contribution in [1.82, 2.24) is 4.47 Å². The van der Waals surface area contributed by atoms with Gasteiger partial charge in [0.2, 0.25) is 0 Å². The van der Waals surface area contributed by atoms with Gasteiger partial charge in [-0.15, -0.1) is 6.42 Å². The maximum absolute atomic E-state index is 12.0. The number of hydrogen-bond donors (Lipinski definition) is 0. The summed E-state index contributed by atoms with van der Waals surface area (Å²) < 4.78 is 29.7. The fourth-order valence-electron chi connectivity index (χ4n) is 1.11. The third-order valence-electron chi connectivity index (χ3n) is 1.89. The maximum Gasteiger partial charge on any atom is 0.267 e. The van der Waals surface area contributed by atoms with Crippen LogP contribution in [0.25, 0.3) is 0 Å². The molecule has 1 aromatic carbocycles. The Balaban J connectivity index is 2.84. The Kier molecular flexibility index (Phi) is 5.12. The van der Waals surface area contributed by atoms with Crippen LogP contribution in [0, 0.1) is 12.3 Å². The summed E-state index contributed by atoms with van der Waals surface area (Å²) in [7, 11) is -2.46. The minimum atomic E-state index is -3.71. The van der Waals surface area contributed by atoms with E-state index < -0.39 is 10.0 Å². The molecule has 6 heteroatoms. The van der Waals surface area contributed by atoms with E-state index >= 15 is 0 Å². The number of benzene rings is 1. The SMILES string of the molecule is C#CCOCN(OC)S(=O)(=O)c1ccccc1.